The molecule has 0 unspecified atom stereocenters. The van der Waals surface area contributed by atoms with Gasteiger partial charge in [0.25, 0.3) is 0 Å². The topological polar surface area (TPSA) is 0 Å². The molecular weight excluding hydrogens is 276 g/mol. The Hall–Kier alpha value is -1.39. The fourth-order valence-electron chi connectivity index (χ4n) is 1.66. The standard InChI is InChI=1S/C18H20SSi/c1-20(2,3)15-14-19-18-12-10-17(11-13-18)9-8-16-6-4-5-7-16/h4-6,10-13H,14-15H2,1-3H3. The highest BCUT2D eigenvalue weighted by Gasteiger charge is 2.11. The summed E-state index contributed by atoms with van der Waals surface area (Å²) >= 11 is 1.95. The molecule has 2 rings (SSSR count). The number of thioether (sulfide) groups is 1. The maximum absolute atomic E-state index is 3.17. The Morgan fingerprint density at radius 2 is 1.85 bits per heavy atom. The van der Waals surface area contributed by atoms with Crippen molar-refractivity contribution in [2.24, 2.45) is 0 Å². The van der Waals surface area contributed by atoms with E-state index in [1.807, 2.05) is 30.0 Å². The van der Waals surface area contributed by atoms with Crippen molar-refractivity contribution in [2.75, 3.05) is 5.75 Å². The van der Waals surface area contributed by atoms with Crippen molar-refractivity contribution in [3.05, 3.63) is 59.4 Å². The highest BCUT2D eigenvalue weighted by atomic mass is 32.2. The van der Waals surface area contributed by atoms with E-state index in [0.29, 0.717) is 0 Å². The van der Waals surface area contributed by atoms with Gasteiger partial charge < -0.3 is 0 Å². The maximum atomic E-state index is 3.17. The Morgan fingerprint density at radius 1 is 1.10 bits per heavy atom. The molecule has 0 saturated heterocycles. The van der Waals surface area contributed by atoms with Crippen molar-refractivity contribution < 1.29 is 0 Å². The van der Waals surface area contributed by atoms with Gasteiger partial charge in [0.2, 0.25) is 0 Å². The van der Waals surface area contributed by atoms with Crippen LogP contribution in [0, 0.1) is 11.8 Å². The third kappa shape index (κ3) is 5.31. The Bertz CT molecular complexity index is 612. The first-order valence-corrected chi connectivity index (χ1v) is 11.6. The summed E-state index contributed by atoms with van der Waals surface area (Å²) in [5.74, 6) is 7.51. The smallest absolute Gasteiger partial charge is 0.0667 e. The average molecular weight is 297 g/mol. The van der Waals surface area contributed by atoms with Crippen LogP contribution in [-0.4, -0.2) is 13.8 Å². The summed E-state index contributed by atoms with van der Waals surface area (Å²) < 4.78 is 0. The van der Waals surface area contributed by atoms with Gasteiger partial charge in [-0.3, -0.25) is 0 Å². The van der Waals surface area contributed by atoms with Crippen LogP contribution in [0.15, 0.2) is 58.7 Å². The van der Waals surface area contributed by atoms with Gasteiger partial charge in [-0.2, -0.15) is 0 Å². The first kappa shape index (κ1) is 15.0. The second kappa shape index (κ2) is 6.86. The first-order chi connectivity index (χ1) is 9.53. The molecule has 0 nitrogen and oxygen atoms in total. The quantitative estimate of drug-likeness (QED) is 0.322. The molecule has 0 fully saturated rings. The van der Waals surface area contributed by atoms with E-state index in [0.717, 1.165) is 11.1 Å². The van der Waals surface area contributed by atoms with Crippen molar-refractivity contribution in [2.45, 2.75) is 30.6 Å². The second-order valence-electron chi connectivity index (χ2n) is 6.02. The van der Waals surface area contributed by atoms with Crippen LogP contribution in [0.3, 0.4) is 0 Å². The molecule has 1 aromatic rings. The van der Waals surface area contributed by atoms with Gasteiger partial charge in [0.15, 0.2) is 0 Å². The molecule has 0 aliphatic heterocycles. The van der Waals surface area contributed by atoms with Crippen LogP contribution in [0.25, 0.3) is 0 Å². The molecule has 102 valence electrons. The first-order valence-electron chi connectivity index (χ1n) is 6.91. The fourth-order valence-corrected chi connectivity index (χ4v) is 5.08. The lowest BCUT2D eigenvalue weighted by Gasteiger charge is -2.14. The molecule has 0 N–H and O–H groups in total. The fraction of sp³-hybridized carbons (Fsp3) is 0.278. The summed E-state index contributed by atoms with van der Waals surface area (Å²) in [4.78, 5) is 1.34. The molecule has 0 radical (unpaired) electrons. The van der Waals surface area contributed by atoms with E-state index >= 15 is 0 Å². The van der Waals surface area contributed by atoms with E-state index < -0.39 is 8.07 Å². The van der Waals surface area contributed by atoms with Gasteiger partial charge in [-0.15, -0.1) is 17.5 Å². The minimum Gasteiger partial charge on any atom is -0.126 e. The average Bonchev–Trinajstić information content (AvgIpc) is 2.89. The highest BCUT2D eigenvalue weighted by molar-refractivity contribution is 7.99. The van der Waals surface area contributed by atoms with E-state index in [9.17, 15) is 0 Å². The molecule has 0 spiro atoms. The van der Waals surface area contributed by atoms with Crippen LogP contribution in [-0.2, 0) is 0 Å². The monoisotopic (exact) mass is 296 g/mol. The molecule has 0 saturated carbocycles. The predicted octanol–water partition coefficient (Wildman–Crippen LogP) is 5.12. The predicted molar refractivity (Wildman–Crippen MR) is 92.9 cm³/mol. The highest BCUT2D eigenvalue weighted by Crippen LogP contribution is 2.22. The number of hydrogen-bond acceptors (Lipinski definition) is 1. The lowest BCUT2D eigenvalue weighted by atomic mass is 10.2. The summed E-state index contributed by atoms with van der Waals surface area (Å²) in [6, 6.07) is 9.92. The van der Waals surface area contributed by atoms with E-state index in [4.69, 9.17) is 0 Å². The zero-order valence-electron chi connectivity index (χ0n) is 12.4. The van der Waals surface area contributed by atoms with E-state index in [1.54, 1.807) is 0 Å². The van der Waals surface area contributed by atoms with Gasteiger partial charge in [-0.05, 0) is 48.2 Å². The zero-order valence-corrected chi connectivity index (χ0v) is 14.2. The summed E-state index contributed by atoms with van der Waals surface area (Å²) in [5.41, 5.74) is 5.11. The summed E-state index contributed by atoms with van der Waals surface area (Å²) in [6.07, 6.45) is 5.83. The molecule has 1 aliphatic rings. The lowest BCUT2D eigenvalue weighted by Crippen LogP contribution is -2.19. The lowest BCUT2D eigenvalue weighted by molar-refractivity contribution is 1.35. The van der Waals surface area contributed by atoms with E-state index in [1.165, 1.54) is 16.7 Å². The van der Waals surface area contributed by atoms with Crippen molar-refractivity contribution in [3.8, 4) is 11.8 Å². The van der Waals surface area contributed by atoms with Crippen LogP contribution < -0.4 is 0 Å². The minimum atomic E-state index is -0.912. The van der Waals surface area contributed by atoms with Gasteiger partial charge in [-0.1, -0.05) is 37.6 Å². The zero-order chi connectivity index (χ0) is 14.4. The third-order valence-electron chi connectivity index (χ3n) is 2.91. The summed E-state index contributed by atoms with van der Waals surface area (Å²) in [5, 5.41) is 0. The molecule has 0 aromatic heterocycles. The number of rotatable bonds is 4. The van der Waals surface area contributed by atoms with Gasteiger partial charge in [0.1, 0.15) is 0 Å². The molecule has 1 aliphatic carbocycles. The molecule has 2 heteroatoms. The summed E-state index contributed by atoms with van der Waals surface area (Å²) in [7, 11) is -0.912. The molecule has 0 atom stereocenters. The minimum absolute atomic E-state index is 0.912. The Labute approximate surface area is 127 Å². The Kier molecular flexibility index (Phi) is 5.15. The van der Waals surface area contributed by atoms with Crippen LogP contribution in [0.5, 0.6) is 0 Å². The normalized spacial score (nSPS) is 13.1. The van der Waals surface area contributed by atoms with Crippen LogP contribution >= 0.6 is 11.8 Å². The molecule has 0 heterocycles. The van der Waals surface area contributed by atoms with E-state index in [2.05, 4.69) is 61.5 Å². The van der Waals surface area contributed by atoms with Gasteiger partial charge in [0, 0.05) is 18.5 Å². The SMILES string of the molecule is C[Si](C)(C)CCSc1ccc(C#CC2=C=CC=C2)cc1. The number of hydrogen-bond donors (Lipinski definition) is 0. The van der Waals surface area contributed by atoms with E-state index in [-0.39, 0.29) is 0 Å². The van der Waals surface area contributed by atoms with Crippen LogP contribution in [0.4, 0.5) is 0 Å². The number of allylic oxidation sites excluding steroid dienone is 3. The van der Waals surface area contributed by atoms with Gasteiger partial charge in [0.05, 0.1) is 5.57 Å². The van der Waals surface area contributed by atoms with Crippen molar-refractivity contribution in [1.29, 1.82) is 0 Å². The van der Waals surface area contributed by atoms with Crippen LogP contribution in [0.2, 0.25) is 25.7 Å². The second-order valence-corrected chi connectivity index (χ2v) is 12.8. The largest absolute Gasteiger partial charge is 0.126 e. The molecule has 20 heavy (non-hydrogen) atoms. The molecule has 0 bridgehead atoms. The molecule has 1 aromatic carbocycles. The molecular formula is C18H20SSi. The van der Waals surface area contributed by atoms with Gasteiger partial charge >= 0.3 is 0 Å². The van der Waals surface area contributed by atoms with Crippen molar-refractivity contribution in [1.82, 2.24) is 0 Å². The molecule has 0 amide bonds. The van der Waals surface area contributed by atoms with Gasteiger partial charge in [-0.25, -0.2) is 0 Å². The third-order valence-corrected chi connectivity index (χ3v) is 6.04. The van der Waals surface area contributed by atoms with Crippen LogP contribution in [0.1, 0.15) is 5.56 Å². The number of benzene rings is 1. The van der Waals surface area contributed by atoms with Crippen molar-refractivity contribution in [3.63, 3.8) is 0 Å². The Balaban J connectivity index is 1.90. The Morgan fingerprint density at radius 3 is 2.45 bits per heavy atom. The summed E-state index contributed by atoms with van der Waals surface area (Å²) in [6.45, 7) is 7.27. The maximum Gasteiger partial charge on any atom is 0.0667 e. The van der Waals surface area contributed by atoms with Crippen molar-refractivity contribution >= 4 is 19.8 Å².